The molecule has 0 spiro atoms. The number of aromatic nitrogens is 2. The van der Waals surface area contributed by atoms with Gasteiger partial charge in [-0.25, -0.2) is 0 Å². The maximum Gasteiger partial charge on any atom is 0.0942 e. The number of nitrogens with zero attached hydrogens (tertiary/aromatic N) is 2. The van der Waals surface area contributed by atoms with E-state index in [9.17, 15) is 0 Å². The Morgan fingerprint density at radius 3 is 2.72 bits per heavy atom. The predicted molar refractivity (Wildman–Crippen MR) is 77.7 cm³/mol. The molecule has 3 atom stereocenters. The Labute approximate surface area is 115 Å². The van der Waals surface area contributed by atoms with Gasteiger partial charge in [-0.2, -0.15) is 5.10 Å². The first-order valence-corrected chi connectivity index (χ1v) is 7.78. The second-order valence-corrected chi connectivity index (χ2v) is 7.14. The summed E-state index contributed by atoms with van der Waals surface area (Å²) in [7, 11) is 2.02. The van der Waals surface area contributed by atoms with Gasteiger partial charge in [-0.1, -0.05) is 13.8 Å². The van der Waals surface area contributed by atoms with E-state index in [-0.39, 0.29) is 0 Å². The highest BCUT2D eigenvalue weighted by Crippen LogP contribution is 2.38. The van der Waals surface area contributed by atoms with Crippen molar-refractivity contribution in [3.63, 3.8) is 0 Å². The molecule has 102 valence electrons. The van der Waals surface area contributed by atoms with Gasteiger partial charge in [0.2, 0.25) is 0 Å². The highest BCUT2D eigenvalue weighted by atomic mass is 32.2. The van der Waals surface area contributed by atoms with Crippen molar-refractivity contribution in [2.24, 2.45) is 24.6 Å². The van der Waals surface area contributed by atoms with Crippen LogP contribution >= 0.6 is 11.8 Å². The molecule has 1 aliphatic carbocycles. The summed E-state index contributed by atoms with van der Waals surface area (Å²) < 4.78 is 1.98. The van der Waals surface area contributed by atoms with Crippen LogP contribution < -0.4 is 5.73 Å². The molecule has 4 heteroatoms. The molecule has 2 N–H and O–H groups in total. The summed E-state index contributed by atoms with van der Waals surface area (Å²) >= 11 is 1.92. The second-order valence-electron chi connectivity index (χ2n) is 5.88. The number of hydrogen-bond acceptors (Lipinski definition) is 3. The molecule has 2 rings (SSSR count). The van der Waals surface area contributed by atoms with Crippen LogP contribution in [0.25, 0.3) is 0 Å². The molecule has 0 saturated heterocycles. The molecule has 18 heavy (non-hydrogen) atoms. The van der Waals surface area contributed by atoms with Crippen LogP contribution in [0.1, 0.15) is 38.8 Å². The quantitative estimate of drug-likeness (QED) is 0.915. The highest BCUT2D eigenvalue weighted by molar-refractivity contribution is 7.99. The molecular formula is C14H25N3S. The standard InChI is InChI=1S/C14H25N3S/c1-9(2)11-5-6-12(15)13(8-11)18-14-7-10(3)16-17(14)4/h7,9,11-13H,5-6,8,15H2,1-4H3. The van der Waals surface area contributed by atoms with E-state index in [0.717, 1.165) is 24.0 Å². The summed E-state index contributed by atoms with van der Waals surface area (Å²) in [5.74, 6) is 1.60. The molecule has 0 bridgehead atoms. The van der Waals surface area contributed by atoms with E-state index in [4.69, 9.17) is 5.73 Å². The van der Waals surface area contributed by atoms with Gasteiger partial charge in [0.05, 0.1) is 10.7 Å². The molecule has 1 aromatic heterocycles. The summed E-state index contributed by atoms with van der Waals surface area (Å²) in [6, 6.07) is 2.50. The van der Waals surface area contributed by atoms with Gasteiger partial charge in [-0.05, 0) is 44.1 Å². The molecular weight excluding hydrogens is 242 g/mol. The Morgan fingerprint density at radius 2 is 2.17 bits per heavy atom. The molecule has 0 aliphatic heterocycles. The van der Waals surface area contributed by atoms with Gasteiger partial charge in [0.25, 0.3) is 0 Å². The van der Waals surface area contributed by atoms with E-state index in [0.29, 0.717) is 11.3 Å². The fourth-order valence-electron chi connectivity index (χ4n) is 2.78. The van der Waals surface area contributed by atoms with Crippen LogP contribution in [0.4, 0.5) is 0 Å². The number of thioether (sulfide) groups is 1. The van der Waals surface area contributed by atoms with E-state index in [2.05, 4.69) is 25.0 Å². The molecule has 1 saturated carbocycles. The van der Waals surface area contributed by atoms with Gasteiger partial charge in [-0.15, -0.1) is 11.8 Å². The second kappa shape index (κ2) is 5.66. The van der Waals surface area contributed by atoms with Gasteiger partial charge in [0.15, 0.2) is 0 Å². The maximum atomic E-state index is 6.30. The van der Waals surface area contributed by atoms with Crippen molar-refractivity contribution in [2.75, 3.05) is 0 Å². The summed E-state index contributed by atoms with van der Waals surface area (Å²) in [5.41, 5.74) is 7.38. The topological polar surface area (TPSA) is 43.8 Å². The van der Waals surface area contributed by atoms with Crippen molar-refractivity contribution < 1.29 is 0 Å². The lowest BCUT2D eigenvalue weighted by Gasteiger charge is -2.35. The third-order valence-corrected chi connectivity index (χ3v) is 5.53. The Balaban J connectivity index is 2.04. The fraction of sp³-hybridized carbons (Fsp3) is 0.786. The Morgan fingerprint density at radius 1 is 1.44 bits per heavy atom. The minimum absolute atomic E-state index is 0.334. The first-order chi connectivity index (χ1) is 8.47. The average Bonchev–Trinajstić information content (AvgIpc) is 2.60. The average molecular weight is 267 g/mol. The molecule has 3 nitrogen and oxygen atoms in total. The zero-order valence-corrected chi connectivity index (χ0v) is 12.7. The Kier molecular flexibility index (Phi) is 4.38. The predicted octanol–water partition coefficient (Wildman–Crippen LogP) is 2.97. The van der Waals surface area contributed by atoms with Crippen LogP contribution in [-0.4, -0.2) is 21.1 Å². The fourth-order valence-corrected chi connectivity index (χ4v) is 4.17. The van der Waals surface area contributed by atoms with Crippen LogP contribution in [-0.2, 0) is 7.05 Å². The van der Waals surface area contributed by atoms with Crippen LogP contribution in [0, 0.1) is 18.8 Å². The van der Waals surface area contributed by atoms with E-state index in [1.807, 2.05) is 30.4 Å². The van der Waals surface area contributed by atoms with Crippen molar-refractivity contribution in [3.05, 3.63) is 11.8 Å². The van der Waals surface area contributed by atoms with Crippen LogP contribution in [0.5, 0.6) is 0 Å². The number of hydrogen-bond donors (Lipinski definition) is 1. The SMILES string of the molecule is Cc1cc(SC2CC(C(C)C)CCC2N)n(C)n1. The number of aryl methyl sites for hydroxylation is 2. The van der Waals surface area contributed by atoms with Crippen molar-refractivity contribution >= 4 is 11.8 Å². The van der Waals surface area contributed by atoms with Crippen molar-refractivity contribution in [2.45, 2.75) is 56.4 Å². The van der Waals surface area contributed by atoms with Crippen molar-refractivity contribution in [1.82, 2.24) is 9.78 Å². The van der Waals surface area contributed by atoms with Gasteiger partial charge < -0.3 is 5.73 Å². The van der Waals surface area contributed by atoms with E-state index < -0.39 is 0 Å². The monoisotopic (exact) mass is 267 g/mol. The largest absolute Gasteiger partial charge is 0.327 e. The normalized spacial score (nSPS) is 28.9. The third kappa shape index (κ3) is 3.09. The van der Waals surface area contributed by atoms with Gasteiger partial charge in [0.1, 0.15) is 0 Å². The maximum absolute atomic E-state index is 6.30. The van der Waals surface area contributed by atoms with Gasteiger partial charge >= 0.3 is 0 Å². The molecule has 0 aromatic carbocycles. The summed E-state index contributed by atoms with van der Waals surface area (Å²) in [5, 5.41) is 6.20. The zero-order chi connectivity index (χ0) is 13.3. The molecule has 1 heterocycles. The zero-order valence-electron chi connectivity index (χ0n) is 11.9. The van der Waals surface area contributed by atoms with Crippen LogP contribution in [0.2, 0.25) is 0 Å². The molecule has 0 radical (unpaired) electrons. The summed E-state index contributed by atoms with van der Waals surface area (Å²) in [6.45, 7) is 6.71. The van der Waals surface area contributed by atoms with E-state index in [1.54, 1.807) is 0 Å². The minimum Gasteiger partial charge on any atom is -0.327 e. The molecule has 1 aliphatic rings. The first-order valence-electron chi connectivity index (χ1n) is 6.90. The lowest BCUT2D eigenvalue weighted by molar-refractivity contribution is 0.266. The molecule has 3 unspecified atom stereocenters. The number of rotatable bonds is 3. The van der Waals surface area contributed by atoms with Gasteiger partial charge in [0, 0.05) is 18.3 Å². The van der Waals surface area contributed by atoms with E-state index >= 15 is 0 Å². The Hall–Kier alpha value is -0.480. The third-order valence-electron chi connectivity index (χ3n) is 4.06. The lowest BCUT2D eigenvalue weighted by atomic mass is 9.79. The first kappa shape index (κ1) is 13.9. The van der Waals surface area contributed by atoms with Crippen molar-refractivity contribution in [3.8, 4) is 0 Å². The summed E-state index contributed by atoms with van der Waals surface area (Å²) in [6.07, 6.45) is 3.70. The van der Waals surface area contributed by atoms with Crippen LogP contribution in [0.3, 0.4) is 0 Å². The molecule has 1 aromatic rings. The minimum atomic E-state index is 0.334. The molecule has 0 amide bonds. The van der Waals surface area contributed by atoms with Gasteiger partial charge in [-0.3, -0.25) is 4.68 Å². The smallest absolute Gasteiger partial charge is 0.0942 e. The molecule has 1 fully saturated rings. The summed E-state index contributed by atoms with van der Waals surface area (Å²) in [4.78, 5) is 0. The van der Waals surface area contributed by atoms with Crippen LogP contribution in [0.15, 0.2) is 11.1 Å². The highest BCUT2D eigenvalue weighted by Gasteiger charge is 2.30. The van der Waals surface area contributed by atoms with Crippen molar-refractivity contribution in [1.29, 1.82) is 0 Å². The number of nitrogens with two attached hydrogens (primary N) is 1. The van der Waals surface area contributed by atoms with E-state index in [1.165, 1.54) is 17.9 Å². The Bertz CT molecular complexity index is 400. The lowest BCUT2D eigenvalue weighted by Crippen LogP contribution is -2.39.